The summed E-state index contributed by atoms with van der Waals surface area (Å²) >= 11 is 0. The van der Waals surface area contributed by atoms with Gasteiger partial charge in [0.15, 0.2) is 0 Å². The van der Waals surface area contributed by atoms with Gasteiger partial charge in [0.05, 0.1) is 46.5 Å². The Balaban J connectivity index is 0.00000153. The predicted molar refractivity (Wildman–Crippen MR) is 164 cm³/mol. The fourth-order valence-electron chi connectivity index (χ4n) is 6.56. The summed E-state index contributed by atoms with van der Waals surface area (Å²) in [5.41, 5.74) is 3.01. The Bertz CT molecular complexity index is 2410. The number of hydrogen-bond donors (Lipinski definition) is 0. The number of carbonyl (C=O) groups is 4. The van der Waals surface area contributed by atoms with Gasteiger partial charge in [0.25, 0.3) is 11.8 Å². The number of nitriles is 2. The van der Waals surface area contributed by atoms with Crippen molar-refractivity contribution in [2.24, 2.45) is 0 Å². The summed E-state index contributed by atoms with van der Waals surface area (Å²) in [5, 5.41) is 24.3. The lowest BCUT2D eigenvalue weighted by Gasteiger charge is -2.29. The van der Waals surface area contributed by atoms with Crippen LogP contribution in [-0.2, 0) is 11.3 Å². The first-order valence-electron chi connectivity index (χ1n) is 14.1. The molecule has 0 saturated heterocycles. The van der Waals surface area contributed by atoms with Gasteiger partial charge in [-0.05, 0) is 47.5 Å². The first-order valence-corrected chi connectivity index (χ1v) is 14.1. The molecule has 0 N–H and O–H groups in total. The predicted octanol–water partition coefficient (Wildman–Crippen LogP) is 6.92. The zero-order chi connectivity index (χ0) is 31.0. The van der Waals surface area contributed by atoms with Crippen LogP contribution in [0.25, 0.3) is 43.1 Å². The molecular weight excluding hydrogens is 554 g/mol. The first-order chi connectivity index (χ1) is 21.3. The molecule has 0 radical (unpaired) electrons. The molecule has 0 atom stereocenters. The third-order valence-electron chi connectivity index (χ3n) is 8.38. The minimum Gasteiger partial charge on any atom is -0.386 e. The van der Waals surface area contributed by atoms with E-state index in [1.54, 1.807) is 18.2 Å². The number of hydrogen-bond acceptors (Lipinski definition) is 7. The van der Waals surface area contributed by atoms with Gasteiger partial charge in [0.1, 0.15) is 0 Å². The van der Waals surface area contributed by atoms with Crippen LogP contribution in [0.5, 0.6) is 0 Å². The number of amides is 2. The summed E-state index contributed by atoms with van der Waals surface area (Å²) in [5.74, 6) is -2.62. The highest BCUT2D eigenvalue weighted by Crippen LogP contribution is 2.48. The maximum absolute atomic E-state index is 13.9. The van der Waals surface area contributed by atoms with E-state index in [2.05, 4.69) is 12.1 Å². The zero-order valence-electron chi connectivity index (χ0n) is 23.9. The topological polar surface area (TPSA) is 128 Å². The molecule has 8 rings (SSSR count). The number of cyclic esters (lactones) is 2. The number of carbonyl (C=O) groups excluding carboxylic acids is 4. The molecule has 2 heterocycles. The number of fused-ring (bicyclic) bond motifs is 2. The fraction of sp³-hybridized carbons (Fsp3) is 0.111. The maximum Gasteiger partial charge on any atom is 0.346 e. The van der Waals surface area contributed by atoms with Crippen LogP contribution in [0.2, 0.25) is 0 Å². The van der Waals surface area contributed by atoms with Gasteiger partial charge >= 0.3 is 11.9 Å². The van der Waals surface area contributed by atoms with Crippen LogP contribution in [0.1, 0.15) is 77.5 Å². The van der Waals surface area contributed by atoms with Crippen LogP contribution in [-0.4, -0.2) is 28.7 Å². The standard InChI is InChI=1S/C34H15N3O5.C2H6/c1-15-2-4-16(5-3-15)14-37-31(38)21-8-6-19-26-18(13-36)11-24-28-22(33(40)42-34(24)41)9-7-20(30(26)28)25-17(12-35)10-23(32(37)39)27(21)29(19)25;1-2/h2-11H,14H2,1H3;1-2H3. The summed E-state index contributed by atoms with van der Waals surface area (Å²) in [4.78, 5) is 54.3. The van der Waals surface area contributed by atoms with Crippen LogP contribution in [0.4, 0.5) is 0 Å². The van der Waals surface area contributed by atoms with Crippen molar-refractivity contribution in [3.63, 3.8) is 0 Å². The Morgan fingerprint density at radius 2 is 1.11 bits per heavy atom. The van der Waals surface area contributed by atoms with Crippen LogP contribution < -0.4 is 0 Å². The van der Waals surface area contributed by atoms with Crippen LogP contribution >= 0.6 is 0 Å². The number of aryl methyl sites for hydroxylation is 1. The van der Waals surface area contributed by atoms with Crippen LogP contribution in [0.15, 0.2) is 60.7 Å². The molecule has 0 fully saturated rings. The van der Waals surface area contributed by atoms with Crippen molar-refractivity contribution >= 4 is 66.8 Å². The minimum absolute atomic E-state index is 0.0701. The summed E-state index contributed by atoms with van der Waals surface area (Å²) in [7, 11) is 0. The lowest BCUT2D eigenvalue weighted by atomic mass is 9.80. The molecule has 2 aliphatic rings. The molecule has 2 amide bonds. The molecule has 0 spiro atoms. The largest absolute Gasteiger partial charge is 0.386 e. The van der Waals surface area contributed by atoms with Crippen LogP contribution in [0, 0.1) is 29.6 Å². The molecule has 0 bridgehead atoms. The van der Waals surface area contributed by atoms with Crippen molar-refractivity contribution in [1.29, 1.82) is 10.5 Å². The Morgan fingerprint density at radius 1 is 0.614 bits per heavy atom. The average Bonchev–Trinajstić information content (AvgIpc) is 3.05. The molecule has 2 aliphatic heterocycles. The summed E-state index contributed by atoms with van der Waals surface area (Å²) in [6, 6.07) is 21.4. The maximum atomic E-state index is 13.9. The van der Waals surface area contributed by atoms with Crippen molar-refractivity contribution in [2.75, 3.05) is 0 Å². The molecule has 8 nitrogen and oxygen atoms in total. The van der Waals surface area contributed by atoms with E-state index in [1.807, 2.05) is 45.0 Å². The van der Waals surface area contributed by atoms with Crippen molar-refractivity contribution in [3.8, 4) is 12.1 Å². The van der Waals surface area contributed by atoms with E-state index in [1.165, 1.54) is 23.1 Å². The van der Waals surface area contributed by atoms with Gasteiger partial charge in [0.2, 0.25) is 0 Å². The van der Waals surface area contributed by atoms with Gasteiger partial charge in [-0.1, -0.05) is 55.8 Å². The molecule has 210 valence electrons. The van der Waals surface area contributed by atoms with Crippen molar-refractivity contribution < 1.29 is 23.9 Å². The van der Waals surface area contributed by atoms with E-state index in [0.29, 0.717) is 48.7 Å². The normalized spacial score (nSPS) is 13.7. The molecule has 6 aromatic rings. The molecule has 0 aliphatic carbocycles. The number of benzene rings is 6. The molecule has 0 aromatic heterocycles. The highest BCUT2D eigenvalue weighted by molar-refractivity contribution is 6.42. The van der Waals surface area contributed by atoms with E-state index in [9.17, 15) is 29.7 Å². The number of ether oxygens (including phenoxy) is 1. The zero-order valence-corrected chi connectivity index (χ0v) is 23.9. The van der Waals surface area contributed by atoms with Gasteiger partial charge < -0.3 is 4.74 Å². The highest BCUT2D eigenvalue weighted by Gasteiger charge is 2.37. The molecule has 8 heteroatoms. The second-order valence-corrected chi connectivity index (χ2v) is 10.6. The van der Waals surface area contributed by atoms with Gasteiger partial charge in [-0.3, -0.25) is 14.5 Å². The second kappa shape index (κ2) is 9.45. The number of imide groups is 1. The van der Waals surface area contributed by atoms with Crippen molar-refractivity contribution in [2.45, 2.75) is 27.3 Å². The lowest BCUT2D eigenvalue weighted by Crippen LogP contribution is -2.39. The third-order valence-corrected chi connectivity index (χ3v) is 8.38. The summed E-state index contributed by atoms with van der Waals surface area (Å²) in [6.45, 7) is 6.02. The molecule has 44 heavy (non-hydrogen) atoms. The van der Waals surface area contributed by atoms with Gasteiger partial charge in [-0.15, -0.1) is 0 Å². The van der Waals surface area contributed by atoms with Gasteiger partial charge in [-0.2, -0.15) is 10.5 Å². The highest BCUT2D eigenvalue weighted by atomic mass is 16.6. The Hall–Kier alpha value is -6.12. The SMILES string of the molecule is CC.Cc1ccc(CN2C(=O)c3ccc4c5c(C#N)cc6c7c(ccc(c8c(C#N)cc(c3c48)C2=O)c75)C(=O)OC6=O)cc1. The van der Waals surface area contributed by atoms with E-state index >= 15 is 0 Å². The number of rotatable bonds is 2. The molecule has 6 aromatic carbocycles. The Kier molecular flexibility index (Phi) is 5.75. The van der Waals surface area contributed by atoms with E-state index in [4.69, 9.17) is 4.74 Å². The monoisotopic (exact) mass is 575 g/mol. The smallest absolute Gasteiger partial charge is 0.346 e. The third kappa shape index (κ3) is 3.37. The average molecular weight is 576 g/mol. The summed E-state index contributed by atoms with van der Waals surface area (Å²) < 4.78 is 4.92. The first kappa shape index (κ1) is 26.8. The molecule has 0 unspecified atom stereocenters. The Morgan fingerprint density at radius 3 is 1.70 bits per heavy atom. The second-order valence-electron chi connectivity index (χ2n) is 10.6. The quantitative estimate of drug-likeness (QED) is 0.0720. The van der Waals surface area contributed by atoms with E-state index in [-0.39, 0.29) is 34.4 Å². The van der Waals surface area contributed by atoms with E-state index in [0.717, 1.165) is 11.1 Å². The van der Waals surface area contributed by atoms with Gasteiger partial charge in [0, 0.05) is 37.9 Å². The Labute approximate surface area is 250 Å². The fourth-order valence-corrected chi connectivity index (χ4v) is 6.56. The van der Waals surface area contributed by atoms with E-state index < -0.39 is 23.8 Å². The lowest BCUT2D eigenvalue weighted by molar-refractivity contribution is 0.0390. The summed E-state index contributed by atoms with van der Waals surface area (Å²) in [6.07, 6.45) is 0. The minimum atomic E-state index is -0.853. The van der Waals surface area contributed by atoms with Crippen molar-refractivity contribution in [1.82, 2.24) is 4.90 Å². The molecule has 0 saturated carbocycles. The number of esters is 2. The van der Waals surface area contributed by atoms with Gasteiger partial charge in [-0.25, -0.2) is 9.59 Å². The van der Waals surface area contributed by atoms with Crippen LogP contribution in [0.3, 0.4) is 0 Å². The van der Waals surface area contributed by atoms with Crippen molar-refractivity contribution in [3.05, 3.63) is 105 Å². The molecular formula is C36H21N3O5. The number of nitrogens with zero attached hydrogens (tertiary/aromatic N) is 3.